The molecule has 0 saturated heterocycles. The van der Waals surface area contributed by atoms with Crippen LogP contribution in [-0.2, 0) is 4.79 Å². The number of rotatable bonds is 5. The van der Waals surface area contributed by atoms with Gasteiger partial charge in [-0.15, -0.1) is 10.2 Å². The Hall–Kier alpha value is -3.53. The average molecular weight is 413 g/mol. The first-order valence-corrected chi connectivity index (χ1v) is 9.40. The molecular formula is C19H13F2N5O2S. The molecule has 0 aliphatic heterocycles. The number of hydrogen-bond donors (Lipinski definition) is 1. The Balaban J connectivity index is 1.52. The second kappa shape index (κ2) is 7.84. The van der Waals surface area contributed by atoms with Gasteiger partial charge in [0.25, 0.3) is 0 Å². The SMILES string of the molecule is O=C(CSc1nnc2c(=O)n(-c3ccc(F)cc3)ccn12)Nc1cccc(F)c1. The van der Waals surface area contributed by atoms with Crippen LogP contribution < -0.4 is 10.9 Å². The summed E-state index contributed by atoms with van der Waals surface area (Å²) in [6.07, 6.45) is 3.11. The van der Waals surface area contributed by atoms with Crippen molar-refractivity contribution < 1.29 is 13.6 Å². The summed E-state index contributed by atoms with van der Waals surface area (Å²) >= 11 is 1.09. The Bertz CT molecular complexity index is 1250. The van der Waals surface area contributed by atoms with Crippen molar-refractivity contribution in [3.8, 4) is 5.69 Å². The highest BCUT2D eigenvalue weighted by atomic mass is 32.2. The third-order valence-corrected chi connectivity index (χ3v) is 4.93. The van der Waals surface area contributed by atoms with Gasteiger partial charge >= 0.3 is 5.56 Å². The van der Waals surface area contributed by atoms with Crippen molar-refractivity contribution in [3.05, 3.63) is 82.9 Å². The molecule has 0 fully saturated rings. The van der Waals surface area contributed by atoms with Gasteiger partial charge in [0.05, 0.1) is 5.75 Å². The summed E-state index contributed by atoms with van der Waals surface area (Å²) in [6, 6.07) is 11.1. The number of carbonyl (C=O) groups is 1. The van der Waals surface area contributed by atoms with Gasteiger partial charge in [0, 0.05) is 23.8 Å². The average Bonchev–Trinajstić information content (AvgIpc) is 3.12. The molecule has 0 unspecified atom stereocenters. The van der Waals surface area contributed by atoms with Crippen LogP contribution in [0, 0.1) is 11.6 Å². The highest BCUT2D eigenvalue weighted by Gasteiger charge is 2.14. The monoisotopic (exact) mass is 413 g/mol. The first kappa shape index (κ1) is 18.8. The minimum absolute atomic E-state index is 0.00163. The first-order chi connectivity index (χ1) is 14.0. The molecule has 4 aromatic rings. The molecule has 0 bridgehead atoms. The van der Waals surface area contributed by atoms with Crippen LogP contribution in [0.3, 0.4) is 0 Å². The van der Waals surface area contributed by atoms with E-state index in [1.807, 2.05) is 0 Å². The Morgan fingerprint density at radius 1 is 1.03 bits per heavy atom. The van der Waals surface area contributed by atoms with Gasteiger partial charge in [-0.25, -0.2) is 8.78 Å². The predicted molar refractivity (Wildman–Crippen MR) is 104 cm³/mol. The molecule has 0 aliphatic rings. The zero-order valence-electron chi connectivity index (χ0n) is 14.8. The van der Waals surface area contributed by atoms with Gasteiger partial charge in [0.1, 0.15) is 11.6 Å². The summed E-state index contributed by atoms with van der Waals surface area (Å²) in [5, 5.41) is 10.8. The largest absolute Gasteiger partial charge is 0.325 e. The molecule has 29 heavy (non-hydrogen) atoms. The fourth-order valence-corrected chi connectivity index (χ4v) is 3.38. The Morgan fingerprint density at radius 3 is 2.59 bits per heavy atom. The minimum Gasteiger partial charge on any atom is -0.325 e. The number of halogens is 2. The lowest BCUT2D eigenvalue weighted by Crippen LogP contribution is -2.20. The molecule has 0 atom stereocenters. The van der Waals surface area contributed by atoms with Gasteiger partial charge in [0.15, 0.2) is 5.16 Å². The molecule has 1 amide bonds. The van der Waals surface area contributed by atoms with Crippen LogP contribution in [0.15, 0.2) is 70.9 Å². The van der Waals surface area contributed by atoms with E-state index >= 15 is 0 Å². The van der Waals surface area contributed by atoms with Crippen LogP contribution in [0.1, 0.15) is 0 Å². The summed E-state index contributed by atoms with van der Waals surface area (Å²) in [5.41, 5.74) is 0.488. The van der Waals surface area contributed by atoms with Crippen molar-refractivity contribution in [1.29, 1.82) is 0 Å². The number of carbonyl (C=O) groups excluding carboxylic acids is 1. The molecule has 0 aliphatic carbocycles. The van der Waals surface area contributed by atoms with E-state index in [-0.39, 0.29) is 17.3 Å². The second-order valence-corrected chi connectivity index (χ2v) is 6.92. The number of nitrogens with zero attached hydrogens (tertiary/aromatic N) is 4. The van der Waals surface area contributed by atoms with Crippen molar-refractivity contribution in [2.75, 3.05) is 11.1 Å². The molecule has 4 rings (SSSR count). The normalized spacial score (nSPS) is 11.0. The molecule has 0 saturated carbocycles. The van der Waals surface area contributed by atoms with Crippen LogP contribution in [-0.4, -0.2) is 30.8 Å². The van der Waals surface area contributed by atoms with Crippen molar-refractivity contribution in [3.63, 3.8) is 0 Å². The molecule has 2 heterocycles. The molecule has 7 nitrogen and oxygen atoms in total. The zero-order chi connectivity index (χ0) is 20.4. The maximum absolute atomic E-state index is 13.2. The summed E-state index contributed by atoms with van der Waals surface area (Å²) in [7, 11) is 0. The van der Waals surface area contributed by atoms with Gasteiger partial charge in [-0.3, -0.25) is 18.6 Å². The minimum atomic E-state index is -0.448. The maximum atomic E-state index is 13.2. The van der Waals surface area contributed by atoms with Crippen molar-refractivity contribution in [2.45, 2.75) is 5.16 Å². The maximum Gasteiger partial charge on any atom is 0.300 e. The van der Waals surface area contributed by atoms with Crippen molar-refractivity contribution in [2.24, 2.45) is 0 Å². The van der Waals surface area contributed by atoms with E-state index < -0.39 is 17.2 Å². The smallest absolute Gasteiger partial charge is 0.300 e. The molecule has 1 N–H and O–H groups in total. The summed E-state index contributed by atoms with van der Waals surface area (Å²) in [4.78, 5) is 24.7. The summed E-state index contributed by atoms with van der Waals surface area (Å²) in [6.45, 7) is 0. The Kier molecular flexibility index (Phi) is 5.09. The van der Waals surface area contributed by atoms with Gasteiger partial charge in [-0.1, -0.05) is 17.8 Å². The van der Waals surface area contributed by atoms with Crippen LogP contribution in [0.25, 0.3) is 11.3 Å². The number of benzene rings is 2. The third-order valence-electron chi connectivity index (χ3n) is 3.98. The van der Waals surface area contributed by atoms with Crippen molar-refractivity contribution >= 4 is 29.0 Å². The van der Waals surface area contributed by atoms with E-state index in [4.69, 9.17) is 0 Å². The third kappa shape index (κ3) is 4.02. The lowest BCUT2D eigenvalue weighted by atomic mass is 10.3. The van der Waals surface area contributed by atoms with Gasteiger partial charge in [-0.2, -0.15) is 0 Å². The fourth-order valence-electron chi connectivity index (χ4n) is 2.66. The number of fused-ring (bicyclic) bond motifs is 1. The quantitative estimate of drug-likeness (QED) is 0.509. The molecule has 10 heteroatoms. The standard InChI is InChI=1S/C19H13F2N5O2S/c20-12-4-6-15(7-5-12)25-8-9-26-17(18(25)28)23-24-19(26)29-11-16(27)22-14-3-1-2-13(21)10-14/h1-10H,11H2,(H,22,27). The Morgan fingerprint density at radius 2 is 1.83 bits per heavy atom. The van der Waals surface area contributed by atoms with Crippen LogP contribution >= 0.6 is 11.8 Å². The molecule has 0 spiro atoms. The van der Waals surface area contributed by atoms with Gasteiger partial charge in [-0.05, 0) is 42.5 Å². The Labute approximate surface area is 167 Å². The number of thioether (sulfide) groups is 1. The van der Waals surface area contributed by atoms with E-state index in [9.17, 15) is 18.4 Å². The molecule has 2 aromatic carbocycles. The predicted octanol–water partition coefficient (Wildman–Crippen LogP) is 2.89. The molecule has 146 valence electrons. The first-order valence-electron chi connectivity index (χ1n) is 8.42. The van der Waals surface area contributed by atoms with Gasteiger partial charge < -0.3 is 5.32 Å². The van der Waals surface area contributed by atoms with Crippen LogP contribution in [0.4, 0.5) is 14.5 Å². The highest BCUT2D eigenvalue weighted by Crippen LogP contribution is 2.17. The lowest BCUT2D eigenvalue weighted by Gasteiger charge is -2.06. The molecule has 2 aromatic heterocycles. The van der Waals surface area contributed by atoms with E-state index in [0.717, 1.165) is 11.8 Å². The number of aromatic nitrogens is 4. The van der Waals surface area contributed by atoms with Crippen LogP contribution in [0.2, 0.25) is 0 Å². The number of nitrogens with one attached hydrogen (secondary N) is 1. The fraction of sp³-hybridized carbons (Fsp3) is 0.0526. The highest BCUT2D eigenvalue weighted by molar-refractivity contribution is 7.99. The summed E-state index contributed by atoms with van der Waals surface area (Å²) in [5.74, 6) is -1.20. The molecular weight excluding hydrogens is 400 g/mol. The topological polar surface area (TPSA) is 81.3 Å². The van der Waals surface area contributed by atoms with Crippen molar-refractivity contribution in [1.82, 2.24) is 19.2 Å². The van der Waals surface area contributed by atoms with E-state index in [0.29, 0.717) is 16.5 Å². The lowest BCUT2D eigenvalue weighted by molar-refractivity contribution is -0.113. The number of anilines is 1. The number of hydrogen-bond acceptors (Lipinski definition) is 5. The van der Waals surface area contributed by atoms with E-state index in [2.05, 4.69) is 15.5 Å². The zero-order valence-corrected chi connectivity index (χ0v) is 15.6. The second-order valence-electron chi connectivity index (χ2n) is 5.97. The summed E-state index contributed by atoms with van der Waals surface area (Å²) < 4.78 is 29.1. The van der Waals surface area contributed by atoms with Crippen LogP contribution in [0.5, 0.6) is 0 Å². The van der Waals surface area contributed by atoms with E-state index in [1.54, 1.807) is 12.3 Å². The van der Waals surface area contributed by atoms with Gasteiger partial charge in [0.2, 0.25) is 11.6 Å². The van der Waals surface area contributed by atoms with E-state index in [1.165, 1.54) is 57.6 Å². The molecule has 0 radical (unpaired) electrons. The number of amides is 1.